The Hall–Kier alpha value is -2.12. The maximum absolute atomic E-state index is 13.3. The fourth-order valence-electron chi connectivity index (χ4n) is 5.69. The van der Waals surface area contributed by atoms with E-state index in [1.807, 2.05) is 4.90 Å². The van der Waals surface area contributed by atoms with Crippen LogP contribution in [0.2, 0.25) is 0 Å². The lowest BCUT2D eigenvalue weighted by atomic mass is 9.80. The molecule has 2 amide bonds. The van der Waals surface area contributed by atoms with Gasteiger partial charge >= 0.3 is 0 Å². The highest BCUT2D eigenvalue weighted by Crippen LogP contribution is 2.52. The highest BCUT2D eigenvalue weighted by atomic mass is 16.5. The van der Waals surface area contributed by atoms with Gasteiger partial charge in [-0.3, -0.25) is 14.8 Å². The van der Waals surface area contributed by atoms with Gasteiger partial charge in [-0.05, 0) is 55.1 Å². The second kappa shape index (κ2) is 7.48. The molecule has 2 atom stereocenters. The molecule has 3 aliphatic heterocycles. The summed E-state index contributed by atoms with van der Waals surface area (Å²) in [5, 5.41) is 12.5. The van der Waals surface area contributed by atoms with E-state index in [-0.39, 0.29) is 16.7 Å². The number of amides is 2. The number of fused-ring (bicyclic) bond motifs is 1. The van der Waals surface area contributed by atoms with Crippen molar-refractivity contribution >= 4 is 11.8 Å². The first-order valence-electron chi connectivity index (χ1n) is 11.6. The molecule has 168 valence electrons. The van der Waals surface area contributed by atoms with Crippen molar-refractivity contribution in [3.63, 3.8) is 0 Å². The van der Waals surface area contributed by atoms with Crippen LogP contribution in [-0.4, -0.2) is 54.2 Å². The zero-order chi connectivity index (χ0) is 21.8. The van der Waals surface area contributed by atoms with Crippen LogP contribution in [0.15, 0.2) is 18.2 Å². The van der Waals surface area contributed by atoms with Crippen LogP contribution in [0.5, 0.6) is 5.75 Å². The third kappa shape index (κ3) is 3.72. The summed E-state index contributed by atoms with van der Waals surface area (Å²) in [5.74, 6) is 0.453. The van der Waals surface area contributed by atoms with Crippen LogP contribution in [-0.2, 0) is 15.0 Å². The molecule has 1 aliphatic carbocycles. The molecule has 2 unspecified atom stereocenters. The standard InChI is InChI=1S/C24H33N3O4/c1-23(2)14-31-19-4-3-16(11-18(19)23)15-5-9-27(10-6-15)22(29)20-17(21(28)26-30)12-24(7-8-24)13-25-20/h3-4,11,15,17,20,25,30H,5-10,12-14H2,1-2H3,(H,26,28). The van der Waals surface area contributed by atoms with Gasteiger partial charge in [0.15, 0.2) is 0 Å². The molecule has 3 N–H and O–H groups in total. The third-order valence-corrected chi connectivity index (χ3v) is 8.02. The summed E-state index contributed by atoms with van der Waals surface area (Å²) in [4.78, 5) is 27.5. The molecule has 7 heteroatoms. The molecule has 1 aromatic carbocycles. The van der Waals surface area contributed by atoms with E-state index in [4.69, 9.17) is 4.74 Å². The molecule has 0 bridgehead atoms. The van der Waals surface area contributed by atoms with E-state index in [1.165, 1.54) is 11.1 Å². The summed E-state index contributed by atoms with van der Waals surface area (Å²) < 4.78 is 5.82. The van der Waals surface area contributed by atoms with Gasteiger partial charge in [-0.2, -0.15) is 0 Å². The van der Waals surface area contributed by atoms with Crippen molar-refractivity contribution in [2.24, 2.45) is 11.3 Å². The molecule has 2 saturated heterocycles. The van der Waals surface area contributed by atoms with Crippen molar-refractivity contribution in [2.45, 2.75) is 63.3 Å². The Bertz CT molecular complexity index is 887. The summed E-state index contributed by atoms with van der Waals surface area (Å²) in [5.41, 5.74) is 4.57. The van der Waals surface area contributed by atoms with Crippen LogP contribution < -0.4 is 15.5 Å². The Morgan fingerprint density at radius 1 is 1.23 bits per heavy atom. The Labute approximate surface area is 183 Å². The summed E-state index contributed by atoms with van der Waals surface area (Å²) in [6.07, 6.45) is 4.68. The lowest BCUT2D eigenvalue weighted by Crippen LogP contribution is -2.59. The average Bonchev–Trinajstić information content (AvgIpc) is 3.47. The minimum atomic E-state index is -0.548. The molecular formula is C24H33N3O4. The van der Waals surface area contributed by atoms with E-state index >= 15 is 0 Å². The first-order valence-corrected chi connectivity index (χ1v) is 11.6. The van der Waals surface area contributed by atoms with E-state index in [0.29, 0.717) is 25.4 Å². The maximum Gasteiger partial charge on any atom is 0.248 e. The maximum atomic E-state index is 13.3. The fourth-order valence-corrected chi connectivity index (χ4v) is 5.69. The smallest absolute Gasteiger partial charge is 0.248 e. The van der Waals surface area contributed by atoms with Crippen molar-refractivity contribution in [3.05, 3.63) is 29.3 Å². The number of hydroxylamine groups is 1. The molecule has 0 radical (unpaired) electrons. The second-order valence-electron chi connectivity index (χ2n) is 10.7. The quantitative estimate of drug-likeness (QED) is 0.509. The summed E-state index contributed by atoms with van der Waals surface area (Å²) >= 11 is 0. The second-order valence-corrected chi connectivity index (χ2v) is 10.7. The van der Waals surface area contributed by atoms with E-state index < -0.39 is 17.9 Å². The van der Waals surface area contributed by atoms with Crippen LogP contribution in [0.3, 0.4) is 0 Å². The number of carbonyl (C=O) groups is 2. The average molecular weight is 428 g/mol. The van der Waals surface area contributed by atoms with Crippen LogP contribution in [0.25, 0.3) is 0 Å². The Morgan fingerprint density at radius 3 is 2.65 bits per heavy atom. The first-order chi connectivity index (χ1) is 14.8. The largest absolute Gasteiger partial charge is 0.492 e. The van der Waals surface area contributed by atoms with Crippen molar-refractivity contribution in [2.75, 3.05) is 26.2 Å². The molecular weight excluding hydrogens is 394 g/mol. The van der Waals surface area contributed by atoms with Gasteiger partial charge in [0.25, 0.3) is 0 Å². The molecule has 7 nitrogen and oxygen atoms in total. The number of hydrogen-bond acceptors (Lipinski definition) is 5. The molecule has 1 spiro atoms. The number of nitrogens with one attached hydrogen (secondary N) is 2. The minimum absolute atomic E-state index is 0.00830. The van der Waals surface area contributed by atoms with Crippen molar-refractivity contribution in [3.8, 4) is 5.75 Å². The van der Waals surface area contributed by atoms with Gasteiger partial charge in [-0.1, -0.05) is 26.0 Å². The SMILES string of the molecule is CC1(C)COc2ccc(C3CCN(C(=O)C4NCC5(CC5)CC4C(=O)NO)CC3)cc21. The number of hydrogen-bond donors (Lipinski definition) is 3. The van der Waals surface area contributed by atoms with Crippen molar-refractivity contribution < 1.29 is 19.5 Å². The minimum Gasteiger partial charge on any atom is -0.492 e. The van der Waals surface area contributed by atoms with Gasteiger partial charge in [0.1, 0.15) is 5.75 Å². The van der Waals surface area contributed by atoms with Gasteiger partial charge in [0.05, 0.1) is 18.6 Å². The van der Waals surface area contributed by atoms with Crippen LogP contribution in [0, 0.1) is 11.3 Å². The highest BCUT2D eigenvalue weighted by molar-refractivity contribution is 5.90. The predicted octanol–water partition coefficient (Wildman–Crippen LogP) is 2.33. The molecule has 4 aliphatic rings. The Morgan fingerprint density at radius 2 is 1.97 bits per heavy atom. The Balaban J connectivity index is 1.24. The van der Waals surface area contributed by atoms with E-state index in [0.717, 1.165) is 44.6 Å². The number of rotatable bonds is 3. The van der Waals surface area contributed by atoms with Crippen molar-refractivity contribution in [1.82, 2.24) is 15.7 Å². The van der Waals surface area contributed by atoms with Crippen molar-refractivity contribution in [1.29, 1.82) is 0 Å². The summed E-state index contributed by atoms with van der Waals surface area (Å²) in [7, 11) is 0. The number of likely N-dealkylation sites (tertiary alicyclic amines) is 1. The van der Waals surface area contributed by atoms with Crippen LogP contribution >= 0.6 is 0 Å². The molecule has 1 saturated carbocycles. The summed E-state index contributed by atoms with van der Waals surface area (Å²) in [6, 6.07) is 6.01. The van der Waals surface area contributed by atoms with Crippen LogP contribution in [0.4, 0.5) is 0 Å². The van der Waals surface area contributed by atoms with Crippen LogP contribution in [0.1, 0.15) is 63.0 Å². The molecule has 3 heterocycles. The topological polar surface area (TPSA) is 90.9 Å². The third-order valence-electron chi connectivity index (χ3n) is 8.02. The zero-order valence-corrected chi connectivity index (χ0v) is 18.4. The van der Waals surface area contributed by atoms with E-state index in [9.17, 15) is 14.8 Å². The zero-order valence-electron chi connectivity index (χ0n) is 18.4. The number of piperidine rings is 2. The van der Waals surface area contributed by atoms with Gasteiger partial charge in [-0.25, -0.2) is 5.48 Å². The monoisotopic (exact) mass is 427 g/mol. The van der Waals surface area contributed by atoms with E-state index in [2.05, 4.69) is 37.4 Å². The van der Waals surface area contributed by atoms with E-state index in [1.54, 1.807) is 5.48 Å². The Kier molecular flexibility index (Phi) is 5.01. The number of ether oxygens (including phenoxy) is 1. The van der Waals surface area contributed by atoms with Gasteiger partial charge < -0.3 is 15.0 Å². The van der Waals surface area contributed by atoms with Gasteiger partial charge in [-0.15, -0.1) is 0 Å². The highest BCUT2D eigenvalue weighted by Gasteiger charge is 2.52. The molecule has 0 aromatic heterocycles. The summed E-state index contributed by atoms with van der Waals surface area (Å²) in [6.45, 7) is 7.31. The molecule has 31 heavy (non-hydrogen) atoms. The number of benzene rings is 1. The lowest BCUT2D eigenvalue weighted by molar-refractivity contribution is -0.145. The normalized spacial score (nSPS) is 28.7. The number of nitrogens with zero attached hydrogens (tertiary/aromatic N) is 1. The lowest BCUT2D eigenvalue weighted by Gasteiger charge is -2.40. The molecule has 1 aromatic rings. The fraction of sp³-hybridized carbons (Fsp3) is 0.667. The first kappa shape index (κ1) is 20.8. The van der Waals surface area contributed by atoms with Gasteiger partial charge in [0, 0.05) is 30.6 Å². The predicted molar refractivity (Wildman–Crippen MR) is 115 cm³/mol. The number of carbonyl (C=O) groups excluding carboxylic acids is 2. The van der Waals surface area contributed by atoms with Gasteiger partial charge in [0.2, 0.25) is 11.8 Å². The molecule has 3 fully saturated rings. The molecule has 5 rings (SSSR count).